The zero-order valence-corrected chi connectivity index (χ0v) is 37.4. The lowest BCUT2D eigenvalue weighted by atomic mass is 9.91. The predicted molar refractivity (Wildman–Crippen MR) is 247 cm³/mol. The number of imidazole rings is 2. The average molecular weight is 1000 g/mol. The van der Waals surface area contributed by atoms with Gasteiger partial charge in [-0.05, 0) is 85.6 Å². The number of hydrogen-bond donors (Lipinski definition) is 1. The number of rotatable bonds is 8. The van der Waals surface area contributed by atoms with Gasteiger partial charge in [0.1, 0.15) is 11.1 Å². The van der Waals surface area contributed by atoms with Crippen molar-refractivity contribution in [2.75, 3.05) is 9.80 Å². The van der Waals surface area contributed by atoms with Crippen LogP contribution in [0.1, 0.15) is 51.0 Å². The number of nitriles is 2. The highest BCUT2D eigenvalue weighted by Crippen LogP contribution is 2.46. The number of amides is 2. The van der Waals surface area contributed by atoms with Crippen molar-refractivity contribution in [3.8, 4) is 12.1 Å². The van der Waals surface area contributed by atoms with Gasteiger partial charge < -0.3 is 0 Å². The number of fused-ring (bicyclic) bond motifs is 2. The normalized spacial score (nSPS) is 17.6. The van der Waals surface area contributed by atoms with E-state index in [-0.39, 0.29) is 49.6 Å². The number of aromatic nitrogens is 4. The van der Waals surface area contributed by atoms with E-state index < -0.39 is 42.0 Å². The van der Waals surface area contributed by atoms with Crippen LogP contribution in [0.15, 0.2) is 107 Å². The first-order valence-electron chi connectivity index (χ1n) is 17.8. The number of anilines is 4. The molecule has 0 saturated carbocycles. The second-order valence-electron chi connectivity index (χ2n) is 14.5. The van der Waals surface area contributed by atoms with E-state index in [4.69, 9.17) is 72.7 Å². The Morgan fingerprint density at radius 2 is 0.938 bits per heavy atom. The fourth-order valence-corrected chi connectivity index (χ4v) is 10.2. The number of nitrogens with two attached hydrogens (primary N) is 1. The highest BCUT2D eigenvalue weighted by Gasteiger charge is 2.53. The molecule has 2 aromatic heterocycles. The maximum Gasteiger partial charge on any atom is 0.278 e. The predicted octanol–water partition coefficient (Wildman–Crippen LogP) is 9.24. The summed E-state index contributed by atoms with van der Waals surface area (Å²) in [5.74, 6) is -0.690. The van der Waals surface area contributed by atoms with Gasteiger partial charge in [0.05, 0.1) is 47.0 Å². The van der Waals surface area contributed by atoms with E-state index in [2.05, 4.69) is 9.97 Å². The summed E-state index contributed by atoms with van der Waals surface area (Å²) >= 11 is 24.5. The largest absolute Gasteiger partial charge is 0.284 e. The quantitative estimate of drug-likeness (QED) is 0.143. The lowest BCUT2D eigenvalue weighted by Crippen LogP contribution is -2.42. The van der Waals surface area contributed by atoms with Gasteiger partial charge in [0.15, 0.2) is 10.1 Å². The van der Waals surface area contributed by atoms with E-state index in [1.165, 1.54) is 55.3 Å². The number of carbonyl (C=O) groups excluding carboxylic acids is 2. The number of halogens is 5. The third-order valence-corrected chi connectivity index (χ3v) is 13.2. The third kappa shape index (κ3) is 9.08. The van der Waals surface area contributed by atoms with Gasteiger partial charge in [-0.1, -0.05) is 85.5 Å². The highest BCUT2D eigenvalue weighted by molar-refractivity contribution is 8.13. The van der Waals surface area contributed by atoms with Crippen LogP contribution in [0.2, 0.25) is 20.1 Å². The van der Waals surface area contributed by atoms with Gasteiger partial charge in [-0.3, -0.25) is 18.7 Å². The van der Waals surface area contributed by atoms with Crippen LogP contribution < -0.4 is 14.9 Å². The Kier molecular flexibility index (Phi) is 14.1. The van der Waals surface area contributed by atoms with E-state index in [1.807, 2.05) is 12.1 Å². The molecule has 2 aliphatic rings. The molecule has 15 nitrogen and oxygen atoms in total. The molecule has 332 valence electrons. The SMILES string of the molecule is C.C.C[C@@]1(Cc2ccc(C#N)cc2)C(=O)N(c2cc(Cl)cc(Cl)c2)c2ncc(S(=O)(=O)Cl)n21.C[C@@]1(Cc2ccc(C#N)cc2)C(=O)N(c2cc(Cl)cc(Cl)c2)c2ncc(S(N)(=O)=O)n21. The first kappa shape index (κ1) is 49.5. The highest BCUT2D eigenvalue weighted by atomic mass is 35.7. The van der Waals surface area contributed by atoms with E-state index in [1.54, 1.807) is 62.4 Å². The van der Waals surface area contributed by atoms with Crippen LogP contribution in [0.25, 0.3) is 0 Å². The Labute approximate surface area is 394 Å². The fraction of sp³-hybridized carbons (Fsp3) is 0.190. The number of hydrogen-bond acceptors (Lipinski definition) is 10. The Hall–Kier alpha value is -5.47. The molecule has 0 bridgehead atoms. The van der Waals surface area contributed by atoms with E-state index in [0.717, 1.165) is 23.5 Å². The molecule has 0 radical (unpaired) electrons. The van der Waals surface area contributed by atoms with E-state index >= 15 is 0 Å². The second-order valence-corrected chi connectivity index (χ2v) is 20.3. The standard InChI is InChI=1S/C20H13Cl3N4O3S.C20H15Cl2N5O3S.2CH4/c1-20(9-12-2-4-13(10-24)5-3-12)18(28)26(16-7-14(21)6-15(22)8-16)19-25-11-17(27(19)20)31(23,29)30;1-20(9-12-2-4-13(10-23)5-3-12)18(28)26(16-7-14(21)6-15(22)8-16)19-25-11-17(27(19)20)31(24,29)30;;/h2-8,11H,9H2,1H3;2-8,11H,9H2,1H3,(H2,24,29,30);2*1H4/t2*20-;;/m11../s1. The zero-order valence-electron chi connectivity index (χ0n) is 32.0. The van der Waals surface area contributed by atoms with Gasteiger partial charge in [0.2, 0.25) is 11.9 Å². The molecule has 4 aromatic carbocycles. The maximum absolute atomic E-state index is 13.7. The van der Waals surface area contributed by atoms with Crippen LogP contribution >= 0.6 is 57.1 Å². The Balaban J connectivity index is 0.000000234. The molecule has 2 amide bonds. The molecule has 8 rings (SSSR count). The molecule has 6 aromatic rings. The van der Waals surface area contributed by atoms with Gasteiger partial charge >= 0.3 is 0 Å². The van der Waals surface area contributed by atoms with Crippen molar-refractivity contribution in [3.05, 3.63) is 140 Å². The summed E-state index contributed by atoms with van der Waals surface area (Å²) in [6, 6.07) is 26.6. The smallest absolute Gasteiger partial charge is 0.278 e. The number of benzene rings is 4. The molecule has 0 aliphatic carbocycles. The first-order chi connectivity index (χ1) is 29.1. The van der Waals surface area contributed by atoms with Crippen molar-refractivity contribution in [3.63, 3.8) is 0 Å². The molecule has 2 N–H and O–H groups in total. The van der Waals surface area contributed by atoms with Gasteiger partial charge in [-0.2, -0.15) is 10.5 Å². The van der Waals surface area contributed by atoms with Crippen molar-refractivity contribution in [1.29, 1.82) is 10.5 Å². The summed E-state index contributed by atoms with van der Waals surface area (Å²) in [6.45, 7) is 3.22. The summed E-state index contributed by atoms with van der Waals surface area (Å²) in [4.78, 5) is 38.2. The molecule has 0 unspecified atom stereocenters. The summed E-state index contributed by atoms with van der Waals surface area (Å²) < 4.78 is 51.6. The number of nitrogens with zero attached hydrogens (tertiary/aromatic N) is 8. The monoisotopic (exact) mass is 1000 g/mol. The van der Waals surface area contributed by atoms with Crippen LogP contribution in [0, 0.1) is 22.7 Å². The number of primary sulfonamides is 1. The molecular formula is C42H36Cl5N9O6S2. The summed E-state index contributed by atoms with van der Waals surface area (Å²) in [5, 5.41) is 24.1. The Morgan fingerprint density at radius 3 is 1.25 bits per heavy atom. The molecule has 0 saturated heterocycles. The lowest BCUT2D eigenvalue weighted by Gasteiger charge is -2.26. The minimum Gasteiger partial charge on any atom is -0.284 e. The van der Waals surface area contributed by atoms with Crippen molar-refractivity contribution < 1.29 is 26.4 Å². The van der Waals surface area contributed by atoms with Crippen LogP contribution in [-0.2, 0) is 52.6 Å². The molecule has 0 fully saturated rings. The lowest BCUT2D eigenvalue weighted by molar-refractivity contribution is -0.124. The molecule has 0 spiro atoms. The van der Waals surface area contributed by atoms with Crippen LogP contribution in [0.4, 0.5) is 23.3 Å². The summed E-state index contributed by atoms with van der Waals surface area (Å²) in [5.41, 5.74) is 0.335. The van der Waals surface area contributed by atoms with E-state index in [9.17, 15) is 26.4 Å². The van der Waals surface area contributed by atoms with Crippen molar-refractivity contribution in [1.82, 2.24) is 19.1 Å². The van der Waals surface area contributed by atoms with Crippen molar-refractivity contribution >= 4 is 111 Å². The fourth-order valence-electron chi connectivity index (χ4n) is 7.43. The van der Waals surface area contributed by atoms with E-state index in [0.29, 0.717) is 42.6 Å². The number of carbonyl (C=O) groups is 2. The van der Waals surface area contributed by atoms with Crippen molar-refractivity contribution in [2.45, 2.75) is 62.7 Å². The molecular weight excluding hydrogens is 968 g/mol. The van der Waals surface area contributed by atoms with Gasteiger partial charge in [-0.15, -0.1) is 0 Å². The van der Waals surface area contributed by atoms with Gasteiger partial charge in [0.25, 0.3) is 30.9 Å². The van der Waals surface area contributed by atoms with Crippen LogP contribution in [0.5, 0.6) is 0 Å². The molecule has 64 heavy (non-hydrogen) atoms. The maximum atomic E-state index is 13.7. The molecule has 22 heteroatoms. The minimum absolute atomic E-state index is 0. The van der Waals surface area contributed by atoms with Crippen LogP contribution in [0.3, 0.4) is 0 Å². The van der Waals surface area contributed by atoms with Crippen LogP contribution in [-0.4, -0.2) is 47.8 Å². The third-order valence-electron chi connectivity index (χ3n) is 10.2. The summed E-state index contributed by atoms with van der Waals surface area (Å²) in [6.07, 6.45) is 2.49. The Bertz CT molecular complexity index is 2900. The average Bonchev–Trinajstić information content (AvgIpc) is 3.93. The van der Waals surface area contributed by atoms with Gasteiger partial charge in [0, 0.05) is 43.6 Å². The van der Waals surface area contributed by atoms with Crippen molar-refractivity contribution in [2.24, 2.45) is 5.14 Å². The molecule has 2 aliphatic heterocycles. The first-order valence-corrected chi connectivity index (χ1v) is 23.2. The Morgan fingerprint density at radius 1 is 0.609 bits per heavy atom. The molecule has 2 atom stereocenters. The zero-order chi connectivity index (χ0) is 45.1. The topological polar surface area (TPSA) is 218 Å². The minimum atomic E-state index is -4.21. The molecule has 4 heterocycles. The summed E-state index contributed by atoms with van der Waals surface area (Å²) in [7, 11) is -2.73. The second kappa shape index (κ2) is 18.2. The van der Waals surface area contributed by atoms with Gasteiger partial charge in [-0.25, -0.2) is 41.7 Å². The number of sulfonamides is 1.